The monoisotopic (exact) mass is 243 g/mol. The Labute approximate surface area is 109 Å². The molecule has 3 rings (SSSR count). The van der Waals surface area contributed by atoms with Crippen LogP contribution in [0.15, 0.2) is 30.3 Å². The van der Waals surface area contributed by atoms with Crippen LogP contribution in [0.3, 0.4) is 0 Å². The summed E-state index contributed by atoms with van der Waals surface area (Å²) in [6, 6.07) is 10.0. The molecule has 0 unspecified atom stereocenters. The second-order valence-corrected chi connectivity index (χ2v) is 5.77. The first-order valence-electron chi connectivity index (χ1n) is 7.10. The van der Waals surface area contributed by atoms with E-state index in [1.807, 2.05) is 42.3 Å². The summed E-state index contributed by atoms with van der Waals surface area (Å²) in [5, 5.41) is 0. The molecule has 0 bridgehead atoms. The molecular formula is C16H21NO. The molecule has 0 spiro atoms. The van der Waals surface area contributed by atoms with Gasteiger partial charge in [-0.2, -0.15) is 0 Å². The number of benzene rings is 1. The largest absolute Gasteiger partial charge is 0.315 e. The normalized spacial score (nSPS) is 30.2. The van der Waals surface area contributed by atoms with Crippen molar-refractivity contribution in [2.75, 3.05) is 11.9 Å². The average Bonchev–Trinajstić information content (AvgIpc) is 3.00. The van der Waals surface area contributed by atoms with Crippen LogP contribution in [0.25, 0.3) is 0 Å². The molecule has 1 aromatic carbocycles. The molecule has 0 radical (unpaired) electrons. The van der Waals surface area contributed by atoms with Crippen molar-refractivity contribution in [1.29, 1.82) is 0 Å². The standard InChI is InChI=1S/C16H21NO/c1-17(13-7-3-2-4-8-13)16(18)15-11-10-12-6-5-9-14(12)15/h2-4,7-8,12,14-15H,5-6,9-11H2,1H3/t12-,14-,15-/m1/s1. The number of fused-ring (bicyclic) bond motifs is 1. The number of amides is 1. The topological polar surface area (TPSA) is 20.3 Å². The SMILES string of the molecule is CN(C(=O)[C@@H]1CC[C@H]2CCC[C@H]21)c1ccccc1. The molecule has 2 saturated carbocycles. The van der Waals surface area contributed by atoms with Crippen LogP contribution in [0.1, 0.15) is 32.1 Å². The van der Waals surface area contributed by atoms with Crippen LogP contribution in [0, 0.1) is 17.8 Å². The molecule has 2 aliphatic carbocycles. The fourth-order valence-electron chi connectivity index (χ4n) is 3.90. The summed E-state index contributed by atoms with van der Waals surface area (Å²) >= 11 is 0. The van der Waals surface area contributed by atoms with Gasteiger partial charge in [-0.1, -0.05) is 31.0 Å². The highest BCUT2D eigenvalue weighted by Crippen LogP contribution is 2.48. The number of para-hydroxylation sites is 1. The minimum atomic E-state index is 0.280. The van der Waals surface area contributed by atoms with Crippen molar-refractivity contribution in [3.8, 4) is 0 Å². The summed E-state index contributed by atoms with van der Waals surface area (Å²) in [6.45, 7) is 0. The molecule has 3 atom stereocenters. The number of rotatable bonds is 2. The Bertz CT molecular complexity index is 428. The maximum absolute atomic E-state index is 12.6. The lowest BCUT2D eigenvalue weighted by Crippen LogP contribution is -2.34. The van der Waals surface area contributed by atoms with Crippen molar-refractivity contribution in [2.24, 2.45) is 17.8 Å². The number of hydrogen-bond donors (Lipinski definition) is 0. The first-order valence-corrected chi connectivity index (χ1v) is 7.10. The fourth-order valence-corrected chi connectivity index (χ4v) is 3.90. The van der Waals surface area contributed by atoms with Crippen LogP contribution < -0.4 is 4.90 Å². The van der Waals surface area contributed by atoms with E-state index in [1.165, 1.54) is 25.7 Å². The van der Waals surface area contributed by atoms with E-state index in [2.05, 4.69) is 0 Å². The van der Waals surface area contributed by atoms with Crippen LogP contribution in [0.2, 0.25) is 0 Å². The van der Waals surface area contributed by atoms with Crippen LogP contribution in [-0.4, -0.2) is 13.0 Å². The third-order valence-corrected chi connectivity index (χ3v) is 4.87. The molecular weight excluding hydrogens is 222 g/mol. The van der Waals surface area contributed by atoms with E-state index >= 15 is 0 Å². The third kappa shape index (κ3) is 1.94. The van der Waals surface area contributed by atoms with Gasteiger partial charge in [-0.15, -0.1) is 0 Å². The maximum atomic E-state index is 12.6. The van der Waals surface area contributed by atoms with E-state index in [9.17, 15) is 4.79 Å². The van der Waals surface area contributed by atoms with Crippen LogP contribution in [0.5, 0.6) is 0 Å². The highest BCUT2D eigenvalue weighted by atomic mass is 16.2. The number of nitrogens with zero attached hydrogens (tertiary/aromatic N) is 1. The molecule has 2 heteroatoms. The molecule has 1 aromatic rings. The predicted octanol–water partition coefficient (Wildman–Crippen LogP) is 3.48. The number of anilines is 1. The zero-order valence-electron chi connectivity index (χ0n) is 11.0. The lowest BCUT2D eigenvalue weighted by molar-refractivity contribution is -0.123. The van der Waals surface area contributed by atoms with Gasteiger partial charge in [-0.3, -0.25) is 4.79 Å². The molecule has 0 aliphatic heterocycles. The summed E-state index contributed by atoms with van der Waals surface area (Å²) in [6.07, 6.45) is 6.32. The van der Waals surface area contributed by atoms with Gasteiger partial charge in [-0.05, 0) is 43.2 Å². The first-order chi connectivity index (χ1) is 8.77. The second kappa shape index (κ2) is 4.75. The summed E-state index contributed by atoms with van der Waals surface area (Å²) in [7, 11) is 1.92. The van der Waals surface area contributed by atoms with Crippen molar-refractivity contribution >= 4 is 11.6 Å². The van der Waals surface area contributed by atoms with Crippen LogP contribution in [-0.2, 0) is 4.79 Å². The summed E-state index contributed by atoms with van der Waals surface area (Å²) < 4.78 is 0. The van der Waals surface area contributed by atoms with Gasteiger partial charge in [0.25, 0.3) is 0 Å². The predicted molar refractivity (Wildman–Crippen MR) is 73.4 cm³/mol. The fraction of sp³-hybridized carbons (Fsp3) is 0.562. The Morgan fingerprint density at radius 1 is 1.11 bits per heavy atom. The summed E-state index contributed by atoms with van der Waals surface area (Å²) in [5.74, 6) is 2.12. The molecule has 2 fully saturated rings. The van der Waals surface area contributed by atoms with E-state index in [0.717, 1.165) is 18.0 Å². The van der Waals surface area contributed by atoms with Crippen LogP contribution >= 0.6 is 0 Å². The molecule has 96 valence electrons. The third-order valence-electron chi connectivity index (χ3n) is 4.87. The quantitative estimate of drug-likeness (QED) is 0.778. The van der Waals surface area contributed by atoms with Gasteiger partial charge in [0.1, 0.15) is 0 Å². The zero-order valence-corrected chi connectivity index (χ0v) is 11.0. The van der Waals surface area contributed by atoms with E-state index in [-0.39, 0.29) is 5.92 Å². The van der Waals surface area contributed by atoms with Crippen molar-refractivity contribution < 1.29 is 4.79 Å². The van der Waals surface area contributed by atoms with Crippen molar-refractivity contribution in [2.45, 2.75) is 32.1 Å². The van der Waals surface area contributed by atoms with Crippen molar-refractivity contribution in [1.82, 2.24) is 0 Å². The maximum Gasteiger partial charge on any atom is 0.230 e. The summed E-state index contributed by atoms with van der Waals surface area (Å²) in [4.78, 5) is 14.5. The van der Waals surface area contributed by atoms with Gasteiger partial charge < -0.3 is 4.90 Å². The van der Waals surface area contributed by atoms with Gasteiger partial charge in [0, 0.05) is 18.7 Å². The first kappa shape index (κ1) is 11.8. The minimum absolute atomic E-state index is 0.280. The Morgan fingerprint density at radius 3 is 2.67 bits per heavy atom. The van der Waals surface area contributed by atoms with Gasteiger partial charge in [0.2, 0.25) is 5.91 Å². The average molecular weight is 243 g/mol. The number of carbonyl (C=O) groups is 1. The number of carbonyl (C=O) groups excluding carboxylic acids is 1. The van der Waals surface area contributed by atoms with Gasteiger partial charge in [0.15, 0.2) is 0 Å². The molecule has 18 heavy (non-hydrogen) atoms. The lowest BCUT2D eigenvalue weighted by atomic mass is 9.91. The van der Waals surface area contributed by atoms with Crippen molar-refractivity contribution in [3.63, 3.8) is 0 Å². The van der Waals surface area contributed by atoms with Gasteiger partial charge >= 0.3 is 0 Å². The molecule has 2 nitrogen and oxygen atoms in total. The second-order valence-electron chi connectivity index (χ2n) is 5.77. The van der Waals surface area contributed by atoms with E-state index < -0.39 is 0 Å². The van der Waals surface area contributed by atoms with Gasteiger partial charge in [-0.25, -0.2) is 0 Å². The lowest BCUT2D eigenvalue weighted by Gasteiger charge is -2.24. The Hall–Kier alpha value is -1.31. The van der Waals surface area contributed by atoms with E-state index in [0.29, 0.717) is 11.8 Å². The molecule has 0 N–H and O–H groups in total. The molecule has 0 saturated heterocycles. The van der Waals surface area contributed by atoms with E-state index in [4.69, 9.17) is 0 Å². The highest BCUT2D eigenvalue weighted by Gasteiger charge is 2.43. The zero-order chi connectivity index (χ0) is 12.5. The smallest absolute Gasteiger partial charge is 0.230 e. The molecule has 2 aliphatic rings. The van der Waals surface area contributed by atoms with Crippen LogP contribution in [0.4, 0.5) is 5.69 Å². The molecule has 1 amide bonds. The van der Waals surface area contributed by atoms with Gasteiger partial charge in [0.05, 0.1) is 0 Å². The van der Waals surface area contributed by atoms with E-state index in [1.54, 1.807) is 0 Å². The Balaban J connectivity index is 1.75. The Morgan fingerprint density at radius 2 is 1.89 bits per heavy atom. The molecule has 0 heterocycles. The minimum Gasteiger partial charge on any atom is -0.315 e. The molecule has 0 aromatic heterocycles. The Kier molecular flexibility index (Phi) is 3.11. The van der Waals surface area contributed by atoms with Crippen molar-refractivity contribution in [3.05, 3.63) is 30.3 Å². The number of hydrogen-bond acceptors (Lipinski definition) is 1. The highest BCUT2D eigenvalue weighted by molar-refractivity contribution is 5.94. The summed E-state index contributed by atoms with van der Waals surface area (Å²) in [5.41, 5.74) is 1.02.